The van der Waals surface area contributed by atoms with Gasteiger partial charge in [0.15, 0.2) is 0 Å². The molecule has 1 aromatic carbocycles. The first kappa shape index (κ1) is 11.1. The Morgan fingerprint density at radius 3 is 2.46 bits per heavy atom. The van der Waals surface area contributed by atoms with Crippen LogP contribution in [0.15, 0.2) is 21.1 Å². The third-order valence-electron chi connectivity index (χ3n) is 1.79. The van der Waals surface area contributed by atoms with E-state index in [-0.39, 0.29) is 5.82 Å². The van der Waals surface area contributed by atoms with Crippen molar-refractivity contribution in [3.8, 4) is 0 Å². The van der Waals surface area contributed by atoms with Crippen molar-refractivity contribution in [3.63, 3.8) is 0 Å². The van der Waals surface area contributed by atoms with Gasteiger partial charge in [-0.3, -0.25) is 0 Å². The van der Waals surface area contributed by atoms with Gasteiger partial charge < -0.3 is 5.11 Å². The second kappa shape index (κ2) is 4.53. The van der Waals surface area contributed by atoms with Crippen molar-refractivity contribution < 1.29 is 9.50 Å². The smallest absolute Gasteiger partial charge is 0.130 e. The Labute approximate surface area is 93.2 Å². The third kappa shape index (κ3) is 2.51. The van der Waals surface area contributed by atoms with Crippen LogP contribution in [-0.4, -0.2) is 5.11 Å². The molecular weight excluding hydrogens is 303 g/mol. The van der Waals surface area contributed by atoms with Crippen molar-refractivity contribution >= 4 is 31.9 Å². The molecule has 0 bridgehead atoms. The van der Waals surface area contributed by atoms with Gasteiger partial charge in [0, 0.05) is 14.5 Å². The fourth-order valence-electron chi connectivity index (χ4n) is 1.01. The highest BCUT2D eigenvalue weighted by atomic mass is 79.9. The Hall–Kier alpha value is 0.0700. The van der Waals surface area contributed by atoms with Crippen LogP contribution in [-0.2, 0) is 0 Å². The first-order valence-corrected chi connectivity index (χ1v) is 5.47. The minimum atomic E-state index is -0.732. The molecule has 4 heteroatoms. The van der Waals surface area contributed by atoms with Crippen LogP contribution in [0, 0.1) is 5.82 Å². The maximum atomic E-state index is 13.3. The van der Waals surface area contributed by atoms with Crippen LogP contribution >= 0.6 is 31.9 Å². The van der Waals surface area contributed by atoms with Crippen molar-refractivity contribution in [1.29, 1.82) is 0 Å². The molecule has 13 heavy (non-hydrogen) atoms. The van der Waals surface area contributed by atoms with Crippen molar-refractivity contribution in [1.82, 2.24) is 0 Å². The van der Waals surface area contributed by atoms with E-state index in [9.17, 15) is 9.50 Å². The highest BCUT2D eigenvalue weighted by Gasteiger charge is 2.12. The Balaban J connectivity index is 3.15. The van der Waals surface area contributed by atoms with Crippen LogP contribution in [0.25, 0.3) is 0 Å². The van der Waals surface area contributed by atoms with E-state index in [0.717, 1.165) is 4.47 Å². The predicted molar refractivity (Wildman–Crippen MR) is 57.1 cm³/mol. The van der Waals surface area contributed by atoms with Gasteiger partial charge in [-0.15, -0.1) is 0 Å². The molecular formula is C9H9Br2FO. The highest BCUT2D eigenvalue weighted by molar-refractivity contribution is 9.13. The zero-order valence-corrected chi connectivity index (χ0v) is 10.2. The maximum absolute atomic E-state index is 13.3. The normalized spacial score (nSPS) is 13.0. The molecule has 0 amide bonds. The predicted octanol–water partition coefficient (Wildman–Crippen LogP) is 3.79. The number of halogens is 3. The summed E-state index contributed by atoms with van der Waals surface area (Å²) in [5.41, 5.74) is 0.331. The number of rotatable bonds is 2. The van der Waals surface area contributed by atoms with E-state index in [0.29, 0.717) is 16.5 Å². The summed E-state index contributed by atoms with van der Waals surface area (Å²) >= 11 is 6.44. The molecule has 1 nitrogen and oxygen atoms in total. The van der Waals surface area contributed by atoms with Crippen molar-refractivity contribution in [3.05, 3.63) is 32.5 Å². The van der Waals surface area contributed by atoms with E-state index in [1.54, 1.807) is 13.0 Å². The Morgan fingerprint density at radius 1 is 1.38 bits per heavy atom. The summed E-state index contributed by atoms with van der Waals surface area (Å²) in [6.07, 6.45) is -0.227. The van der Waals surface area contributed by atoms with Gasteiger partial charge in [-0.1, -0.05) is 6.92 Å². The maximum Gasteiger partial charge on any atom is 0.130 e. The van der Waals surface area contributed by atoms with Gasteiger partial charge >= 0.3 is 0 Å². The van der Waals surface area contributed by atoms with Gasteiger partial charge in [-0.2, -0.15) is 0 Å². The van der Waals surface area contributed by atoms with Crippen LogP contribution in [0.3, 0.4) is 0 Å². The molecule has 1 rings (SSSR count). The molecule has 0 saturated carbocycles. The second-order valence-corrected chi connectivity index (χ2v) is 4.42. The van der Waals surface area contributed by atoms with E-state index in [1.807, 2.05) is 0 Å². The van der Waals surface area contributed by atoms with Gasteiger partial charge in [0.05, 0.1) is 6.10 Å². The monoisotopic (exact) mass is 310 g/mol. The van der Waals surface area contributed by atoms with Gasteiger partial charge in [0.25, 0.3) is 0 Å². The van der Waals surface area contributed by atoms with Gasteiger partial charge in [-0.05, 0) is 50.4 Å². The molecule has 1 aromatic rings. The first-order chi connectivity index (χ1) is 6.06. The Bertz CT molecular complexity index is 315. The van der Waals surface area contributed by atoms with Crippen LogP contribution in [0.2, 0.25) is 0 Å². The molecule has 0 saturated heterocycles. The van der Waals surface area contributed by atoms with Crippen molar-refractivity contribution in [2.24, 2.45) is 0 Å². The lowest BCUT2D eigenvalue weighted by Gasteiger charge is -2.10. The summed E-state index contributed by atoms with van der Waals surface area (Å²) in [5.74, 6) is -0.385. The number of hydrogen-bond acceptors (Lipinski definition) is 1. The van der Waals surface area contributed by atoms with Crippen molar-refractivity contribution in [2.45, 2.75) is 19.4 Å². The molecule has 0 radical (unpaired) electrons. The Kier molecular flexibility index (Phi) is 3.88. The summed E-state index contributed by atoms with van der Waals surface area (Å²) in [4.78, 5) is 0. The van der Waals surface area contributed by atoms with Crippen LogP contribution in [0.4, 0.5) is 4.39 Å². The molecule has 0 aromatic heterocycles. The molecule has 0 fully saturated rings. The lowest BCUT2D eigenvalue weighted by Crippen LogP contribution is -1.99. The lowest BCUT2D eigenvalue weighted by molar-refractivity contribution is 0.169. The molecule has 72 valence electrons. The standard InChI is InChI=1S/C9H9Br2FO/c1-2-9(13)5-3-6(10)7(11)4-8(5)12/h3-4,9,13H,2H2,1H3. The largest absolute Gasteiger partial charge is 0.388 e. The first-order valence-electron chi connectivity index (χ1n) is 3.88. The summed E-state index contributed by atoms with van der Waals surface area (Å²) in [6.45, 7) is 1.81. The minimum Gasteiger partial charge on any atom is -0.388 e. The molecule has 1 unspecified atom stereocenters. The second-order valence-electron chi connectivity index (χ2n) is 2.71. The summed E-state index contributed by atoms with van der Waals surface area (Å²) < 4.78 is 14.7. The fraction of sp³-hybridized carbons (Fsp3) is 0.333. The van der Waals surface area contributed by atoms with Crippen molar-refractivity contribution in [2.75, 3.05) is 0 Å². The molecule has 0 heterocycles. The quantitative estimate of drug-likeness (QED) is 0.824. The third-order valence-corrected chi connectivity index (χ3v) is 3.63. The number of aliphatic hydroxyl groups is 1. The molecule has 1 atom stereocenters. The summed E-state index contributed by atoms with van der Waals surface area (Å²) in [5, 5.41) is 9.45. The topological polar surface area (TPSA) is 20.2 Å². The summed E-state index contributed by atoms with van der Waals surface area (Å²) in [6, 6.07) is 2.94. The zero-order valence-electron chi connectivity index (χ0n) is 7.02. The van der Waals surface area contributed by atoms with Gasteiger partial charge in [0.2, 0.25) is 0 Å². The lowest BCUT2D eigenvalue weighted by atomic mass is 10.1. The fourth-order valence-corrected chi connectivity index (χ4v) is 1.69. The van der Waals surface area contributed by atoms with Crippen LogP contribution in [0.5, 0.6) is 0 Å². The van der Waals surface area contributed by atoms with E-state index in [2.05, 4.69) is 31.9 Å². The van der Waals surface area contributed by atoms with E-state index < -0.39 is 6.10 Å². The van der Waals surface area contributed by atoms with Crippen LogP contribution in [0.1, 0.15) is 25.0 Å². The number of hydrogen-bond donors (Lipinski definition) is 1. The molecule has 0 spiro atoms. The number of aliphatic hydroxyl groups excluding tert-OH is 1. The molecule has 0 aliphatic rings. The average molecular weight is 312 g/mol. The molecule has 1 N–H and O–H groups in total. The van der Waals surface area contributed by atoms with E-state index in [4.69, 9.17) is 0 Å². The molecule has 0 aliphatic heterocycles. The van der Waals surface area contributed by atoms with Gasteiger partial charge in [0.1, 0.15) is 5.82 Å². The minimum absolute atomic E-state index is 0.331. The molecule has 0 aliphatic carbocycles. The SMILES string of the molecule is CCC(O)c1cc(Br)c(Br)cc1F. The highest BCUT2D eigenvalue weighted by Crippen LogP contribution is 2.29. The number of benzene rings is 1. The summed E-state index contributed by atoms with van der Waals surface area (Å²) in [7, 11) is 0. The van der Waals surface area contributed by atoms with E-state index >= 15 is 0 Å². The average Bonchev–Trinajstić information content (AvgIpc) is 2.10. The van der Waals surface area contributed by atoms with Crippen LogP contribution < -0.4 is 0 Å². The van der Waals surface area contributed by atoms with Gasteiger partial charge in [-0.25, -0.2) is 4.39 Å². The van der Waals surface area contributed by atoms with E-state index in [1.165, 1.54) is 6.07 Å². The Morgan fingerprint density at radius 2 is 1.92 bits per heavy atom. The zero-order chi connectivity index (χ0) is 10.0.